The molecule has 1 unspecified atom stereocenters. The maximum absolute atomic E-state index is 13.2. The number of hydrogen-bond acceptors (Lipinski definition) is 4. The summed E-state index contributed by atoms with van der Waals surface area (Å²) in [5, 5.41) is 4.13. The molecule has 2 aromatic heterocycles. The van der Waals surface area contributed by atoms with Crippen LogP contribution in [-0.4, -0.2) is 32.5 Å². The van der Waals surface area contributed by atoms with Crippen molar-refractivity contribution in [3.63, 3.8) is 0 Å². The number of hydrogen-bond donors (Lipinski definition) is 1. The van der Waals surface area contributed by atoms with Crippen molar-refractivity contribution in [2.45, 2.75) is 51.5 Å². The van der Waals surface area contributed by atoms with E-state index < -0.39 is 0 Å². The van der Waals surface area contributed by atoms with Crippen molar-refractivity contribution in [2.24, 2.45) is 0 Å². The Balaban J connectivity index is 1.48. The highest BCUT2D eigenvalue weighted by atomic mass is 16.5. The third-order valence-corrected chi connectivity index (χ3v) is 5.64. The number of nitrogens with zero attached hydrogens (tertiary/aromatic N) is 3. The minimum Gasteiger partial charge on any atom is -0.360 e. The first kappa shape index (κ1) is 15.6. The van der Waals surface area contributed by atoms with E-state index in [0.717, 1.165) is 73.3 Å². The lowest BCUT2D eigenvalue weighted by Crippen LogP contribution is -2.32. The Labute approximate surface area is 151 Å². The van der Waals surface area contributed by atoms with Crippen LogP contribution in [0.15, 0.2) is 22.7 Å². The van der Waals surface area contributed by atoms with E-state index in [1.54, 1.807) is 0 Å². The Morgan fingerprint density at radius 3 is 3.08 bits per heavy atom. The first-order chi connectivity index (χ1) is 12.7. The molecule has 1 amide bonds. The minimum atomic E-state index is -0.0221. The second kappa shape index (κ2) is 5.97. The Morgan fingerprint density at radius 2 is 2.15 bits per heavy atom. The van der Waals surface area contributed by atoms with Gasteiger partial charge < -0.3 is 14.4 Å². The Kier molecular flexibility index (Phi) is 3.58. The van der Waals surface area contributed by atoms with Crippen LogP contribution >= 0.6 is 0 Å². The van der Waals surface area contributed by atoms with Gasteiger partial charge in [-0.3, -0.25) is 4.79 Å². The van der Waals surface area contributed by atoms with Gasteiger partial charge in [0.25, 0.3) is 5.91 Å². The van der Waals surface area contributed by atoms with Crippen molar-refractivity contribution in [3.05, 3.63) is 46.6 Å². The Morgan fingerprint density at radius 1 is 1.27 bits per heavy atom. The maximum Gasteiger partial charge on any atom is 0.276 e. The maximum atomic E-state index is 13.2. The van der Waals surface area contributed by atoms with Crippen molar-refractivity contribution in [3.8, 4) is 0 Å². The number of aromatic nitrogens is 3. The molecule has 0 bridgehead atoms. The highest BCUT2D eigenvalue weighted by Crippen LogP contribution is 2.34. The fourth-order valence-electron chi connectivity index (χ4n) is 4.28. The van der Waals surface area contributed by atoms with Gasteiger partial charge in [0.1, 0.15) is 11.6 Å². The van der Waals surface area contributed by atoms with E-state index in [1.807, 2.05) is 11.0 Å². The number of benzene rings is 1. The van der Waals surface area contributed by atoms with Crippen LogP contribution in [0.1, 0.15) is 64.9 Å². The summed E-state index contributed by atoms with van der Waals surface area (Å²) < 4.78 is 5.45. The summed E-state index contributed by atoms with van der Waals surface area (Å²) in [5.41, 5.74) is 4.70. The highest BCUT2D eigenvalue weighted by Gasteiger charge is 2.36. The third kappa shape index (κ3) is 2.43. The summed E-state index contributed by atoms with van der Waals surface area (Å²) in [5.74, 6) is 1.75. The van der Waals surface area contributed by atoms with Crippen LogP contribution in [0, 0.1) is 6.92 Å². The normalized spacial score (nSPS) is 19.9. The molecule has 1 atom stereocenters. The molecule has 26 heavy (non-hydrogen) atoms. The van der Waals surface area contributed by atoms with E-state index in [0.29, 0.717) is 5.69 Å². The number of aryl methyl sites for hydroxylation is 2. The molecule has 1 N–H and O–H groups in total. The van der Waals surface area contributed by atoms with Crippen molar-refractivity contribution in [1.29, 1.82) is 0 Å². The van der Waals surface area contributed by atoms with E-state index >= 15 is 0 Å². The van der Waals surface area contributed by atoms with Crippen molar-refractivity contribution in [2.75, 3.05) is 6.54 Å². The lowest BCUT2D eigenvalue weighted by Gasteiger charge is -2.22. The zero-order valence-electron chi connectivity index (χ0n) is 14.9. The number of rotatable bonds is 2. The number of aromatic amines is 1. The first-order valence-corrected chi connectivity index (χ1v) is 9.45. The summed E-state index contributed by atoms with van der Waals surface area (Å²) in [7, 11) is 0. The van der Waals surface area contributed by atoms with E-state index in [1.165, 1.54) is 5.56 Å². The van der Waals surface area contributed by atoms with Crippen LogP contribution in [0.2, 0.25) is 0 Å². The van der Waals surface area contributed by atoms with Gasteiger partial charge >= 0.3 is 0 Å². The van der Waals surface area contributed by atoms with Gasteiger partial charge in [-0.2, -0.15) is 0 Å². The van der Waals surface area contributed by atoms with Gasteiger partial charge in [-0.15, -0.1) is 0 Å². The summed E-state index contributed by atoms with van der Waals surface area (Å²) in [6.07, 6.45) is 5.89. The molecule has 3 aromatic rings. The number of fused-ring (bicyclic) bond motifs is 2. The van der Waals surface area contributed by atoms with Gasteiger partial charge in [-0.05, 0) is 56.7 Å². The highest BCUT2D eigenvalue weighted by molar-refractivity contribution is 5.94. The molecule has 1 aromatic carbocycles. The number of nitrogens with one attached hydrogen (secondary N) is 1. The molecule has 5 rings (SSSR count). The molecule has 6 nitrogen and oxygen atoms in total. The molecule has 3 heterocycles. The van der Waals surface area contributed by atoms with Gasteiger partial charge in [-0.25, -0.2) is 4.98 Å². The molecule has 0 spiro atoms. The largest absolute Gasteiger partial charge is 0.360 e. The molecular formula is C20H22N4O2. The smallest absolute Gasteiger partial charge is 0.276 e. The molecule has 2 aliphatic rings. The van der Waals surface area contributed by atoms with Crippen LogP contribution in [-0.2, 0) is 12.8 Å². The SMILES string of the molecule is Cc1ccc2nc(C3CCCN3C(=O)c3noc4c3CCCC4)[nH]c2c1. The van der Waals surface area contributed by atoms with Crippen LogP contribution in [0.3, 0.4) is 0 Å². The Bertz CT molecular complexity index is 987. The third-order valence-electron chi connectivity index (χ3n) is 5.64. The number of H-pyrrole nitrogens is 1. The van der Waals surface area contributed by atoms with Crippen LogP contribution in [0.25, 0.3) is 11.0 Å². The zero-order valence-corrected chi connectivity index (χ0v) is 14.9. The molecule has 0 saturated carbocycles. The average molecular weight is 350 g/mol. The average Bonchev–Trinajstić information content (AvgIpc) is 3.37. The van der Waals surface area contributed by atoms with Gasteiger partial charge in [0.15, 0.2) is 5.69 Å². The van der Waals surface area contributed by atoms with Crippen molar-refractivity contribution < 1.29 is 9.32 Å². The van der Waals surface area contributed by atoms with Crippen LogP contribution in [0.4, 0.5) is 0 Å². The molecule has 1 saturated heterocycles. The topological polar surface area (TPSA) is 75.0 Å². The minimum absolute atomic E-state index is 0.0176. The van der Waals surface area contributed by atoms with E-state index in [-0.39, 0.29) is 11.9 Å². The van der Waals surface area contributed by atoms with Gasteiger partial charge in [0.2, 0.25) is 0 Å². The lowest BCUT2D eigenvalue weighted by atomic mass is 9.96. The second-order valence-corrected chi connectivity index (χ2v) is 7.44. The van der Waals surface area contributed by atoms with Crippen molar-refractivity contribution >= 4 is 16.9 Å². The monoisotopic (exact) mass is 350 g/mol. The zero-order chi connectivity index (χ0) is 17.7. The van der Waals surface area contributed by atoms with E-state index in [9.17, 15) is 4.79 Å². The molecular weight excluding hydrogens is 328 g/mol. The van der Waals surface area contributed by atoms with Crippen LogP contribution < -0.4 is 0 Å². The van der Waals surface area contributed by atoms with Gasteiger partial charge in [-0.1, -0.05) is 11.2 Å². The molecule has 0 radical (unpaired) electrons. The predicted molar refractivity (Wildman–Crippen MR) is 97.0 cm³/mol. The van der Waals surface area contributed by atoms with E-state index in [4.69, 9.17) is 9.51 Å². The Hall–Kier alpha value is -2.63. The molecule has 1 aliphatic carbocycles. The molecule has 1 fully saturated rings. The quantitative estimate of drug-likeness (QED) is 0.764. The first-order valence-electron chi connectivity index (χ1n) is 9.45. The van der Waals surface area contributed by atoms with Gasteiger partial charge in [0, 0.05) is 18.5 Å². The van der Waals surface area contributed by atoms with Crippen molar-refractivity contribution in [1.82, 2.24) is 20.0 Å². The molecule has 134 valence electrons. The second-order valence-electron chi connectivity index (χ2n) is 7.44. The van der Waals surface area contributed by atoms with Crippen LogP contribution in [0.5, 0.6) is 0 Å². The molecule has 1 aliphatic heterocycles. The molecule has 6 heteroatoms. The lowest BCUT2D eigenvalue weighted by molar-refractivity contribution is 0.0719. The number of likely N-dealkylation sites (tertiary alicyclic amines) is 1. The summed E-state index contributed by atoms with van der Waals surface area (Å²) in [6, 6.07) is 6.17. The number of imidazole rings is 1. The fraction of sp³-hybridized carbons (Fsp3) is 0.450. The standard InChI is InChI=1S/C20H22N4O2/c1-12-8-9-14-15(11-12)22-19(21-14)16-6-4-10-24(16)20(25)18-13-5-2-3-7-17(13)26-23-18/h8-9,11,16H,2-7,10H2,1H3,(H,21,22). The number of amides is 1. The van der Waals surface area contributed by atoms with E-state index in [2.05, 4.69) is 29.2 Å². The predicted octanol–water partition coefficient (Wildman–Crippen LogP) is 3.72. The number of carbonyl (C=O) groups is 1. The summed E-state index contributed by atoms with van der Waals surface area (Å²) in [4.78, 5) is 23.3. The van der Waals surface area contributed by atoms with Gasteiger partial charge in [0.05, 0.1) is 17.1 Å². The fourth-order valence-corrected chi connectivity index (χ4v) is 4.28. The summed E-state index contributed by atoms with van der Waals surface area (Å²) >= 11 is 0. The number of carbonyl (C=O) groups excluding carboxylic acids is 1. The summed E-state index contributed by atoms with van der Waals surface area (Å²) in [6.45, 7) is 2.81.